The zero-order valence-electron chi connectivity index (χ0n) is 21.8. The molecule has 0 radical (unpaired) electrons. The Balaban J connectivity index is 1.54. The fourth-order valence-corrected chi connectivity index (χ4v) is 5.40. The van der Waals surface area contributed by atoms with Crippen LogP contribution in [0.15, 0.2) is 72.8 Å². The fourth-order valence-electron chi connectivity index (χ4n) is 5.40. The summed E-state index contributed by atoms with van der Waals surface area (Å²) >= 11 is 0. The molecule has 37 heavy (non-hydrogen) atoms. The van der Waals surface area contributed by atoms with Gasteiger partial charge in [-0.3, -0.25) is 19.4 Å². The fraction of sp³-hybridized carbons (Fsp3) is 0.258. The smallest absolute Gasteiger partial charge is 0.316 e. The Labute approximate surface area is 217 Å². The summed E-state index contributed by atoms with van der Waals surface area (Å²) in [7, 11) is 0. The molecule has 3 aromatic rings. The zero-order valence-corrected chi connectivity index (χ0v) is 21.8. The number of allylic oxidation sites excluding steroid dienone is 1. The first kappa shape index (κ1) is 24.5. The second-order valence-electron chi connectivity index (χ2n) is 10.5. The number of hydrogen-bond donors (Lipinski definition) is 1. The number of rotatable bonds is 4. The van der Waals surface area contributed by atoms with Gasteiger partial charge < -0.3 is 5.32 Å². The summed E-state index contributed by atoms with van der Waals surface area (Å²) in [6.07, 6.45) is 1.51. The minimum atomic E-state index is -0.861. The number of hydrogen-bond acceptors (Lipinski definition) is 3. The van der Waals surface area contributed by atoms with E-state index in [0.29, 0.717) is 17.5 Å². The lowest BCUT2D eigenvalue weighted by molar-refractivity contribution is 0.0564. The number of urea groups is 1. The van der Waals surface area contributed by atoms with E-state index in [1.165, 1.54) is 4.90 Å². The number of fused-ring (bicyclic) bond motifs is 2. The van der Waals surface area contributed by atoms with Crippen molar-refractivity contribution in [1.82, 2.24) is 10.2 Å². The molecule has 0 spiro atoms. The summed E-state index contributed by atoms with van der Waals surface area (Å²) in [5, 5.41) is 3.06. The van der Waals surface area contributed by atoms with Gasteiger partial charge in [0.05, 0.1) is 22.4 Å². The molecule has 6 nitrogen and oxygen atoms in total. The number of anilines is 1. The molecule has 1 N–H and O–H groups in total. The van der Waals surface area contributed by atoms with Crippen molar-refractivity contribution < 1.29 is 14.4 Å². The van der Waals surface area contributed by atoms with E-state index in [1.807, 2.05) is 57.2 Å². The molecule has 0 aromatic heterocycles. The van der Waals surface area contributed by atoms with Gasteiger partial charge >= 0.3 is 6.03 Å². The van der Waals surface area contributed by atoms with E-state index in [1.54, 1.807) is 29.2 Å². The predicted octanol–water partition coefficient (Wildman–Crippen LogP) is 5.88. The molecule has 6 heteroatoms. The molecule has 0 saturated heterocycles. The lowest BCUT2D eigenvalue weighted by Crippen LogP contribution is -2.59. The zero-order chi connectivity index (χ0) is 26.5. The van der Waals surface area contributed by atoms with Gasteiger partial charge in [-0.15, -0.1) is 0 Å². The highest BCUT2D eigenvalue weighted by Gasteiger charge is 2.43. The summed E-state index contributed by atoms with van der Waals surface area (Å²) in [5.74, 6) is -0.801. The Morgan fingerprint density at radius 3 is 2.03 bits per heavy atom. The number of imide groups is 1. The second kappa shape index (κ2) is 9.04. The Kier molecular flexibility index (Phi) is 5.98. The van der Waals surface area contributed by atoms with Crippen LogP contribution in [0.3, 0.4) is 0 Å². The first-order chi connectivity index (χ1) is 17.6. The molecule has 0 saturated carbocycles. The molecule has 1 atom stereocenters. The van der Waals surface area contributed by atoms with Gasteiger partial charge in [0.2, 0.25) is 0 Å². The Bertz CT molecular complexity index is 1420. The van der Waals surface area contributed by atoms with Crippen LogP contribution in [0.1, 0.15) is 63.7 Å². The van der Waals surface area contributed by atoms with Crippen LogP contribution in [0.5, 0.6) is 0 Å². The van der Waals surface area contributed by atoms with Gasteiger partial charge in [-0.1, -0.05) is 48.5 Å². The van der Waals surface area contributed by atoms with Crippen molar-refractivity contribution >= 4 is 29.1 Å². The summed E-state index contributed by atoms with van der Waals surface area (Å²) < 4.78 is 0. The highest BCUT2D eigenvalue weighted by molar-refractivity contribution is 6.21. The first-order valence-corrected chi connectivity index (χ1v) is 12.5. The lowest BCUT2D eigenvalue weighted by atomic mass is 9.87. The van der Waals surface area contributed by atoms with Crippen molar-refractivity contribution in [2.45, 2.75) is 52.7 Å². The highest BCUT2D eigenvalue weighted by atomic mass is 16.2. The number of nitrogens with one attached hydrogen (secondary N) is 1. The number of nitrogens with zero attached hydrogens (tertiary/aromatic N) is 2. The summed E-state index contributed by atoms with van der Waals surface area (Å²) in [4.78, 5) is 43.7. The van der Waals surface area contributed by atoms with Crippen molar-refractivity contribution in [3.05, 3.63) is 106 Å². The van der Waals surface area contributed by atoms with Gasteiger partial charge in [-0.25, -0.2) is 4.79 Å². The molecule has 5 rings (SSSR count). The SMILES string of the molecule is CC1=CC(C)(C)N(C(=O)NC(Cc2ccccc2)N2C(=O)c3ccccc3C2=O)c2cc(C)c(C)cc21. The molecule has 2 aliphatic rings. The van der Waals surface area contributed by atoms with Gasteiger partial charge in [0.25, 0.3) is 11.8 Å². The molecule has 3 aromatic carbocycles. The maximum absolute atomic E-state index is 14.1. The summed E-state index contributed by atoms with van der Waals surface area (Å²) in [6, 6.07) is 20.1. The van der Waals surface area contributed by atoms with E-state index in [2.05, 4.69) is 31.3 Å². The minimum absolute atomic E-state index is 0.293. The third-order valence-corrected chi connectivity index (χ3v) is 7.33. The molecule has 1 unspecified atom stereocenters. The van der Waals surface area contributed by atoms with Gasteiger partial charge in [0.15, 0.2) is 0 Å². The molecule has 2 heterocycles. The topological polar surface area (TPSA) is 69.7 Å². The average Bonchev–Trinajstić information content (AvgIpc) is 3.10. The van der Waals surface area contributed by atoms with Gasteiger partial charge in [0, 0.05) is 12.0 Å². The standard InChI is InChI=1S/C31H31N3O3/c1-19-15-25-21(3)18-31(4,5)34(26(25)16-20(19)2)30(37)32-27(17-22-11-7-6-8-12-22)33-28(35)23-13-9-10-14-24(23)29(33)36/h6-16,18,27H,17H2,1-5H3,(H,32,37). The van der Waals surface area contributed by atoms with Crippen LogP contribution in [0.2, 0.25) is 0 Å². The average molecular weight is 494 g/mol. The van der Waals surface area contributed by atoms with Crippen LogP contribution < -0.4 is 10.2 Å². The van der Waals surface area contributed by atoms with E-state index in [4.69, 9.17) is 0 Å². The van der Waals surface area contributed by atoms with E-state index < -0.39 is 23.5 Å². The van der Waals surface area contributed by atoms with Crippen LogP contribution in [0.25, 0.3) is 5.57 Å². The number of amides is 4. The van der Waals surface area contributed by atoms with Crippen LogP contribution in [-0.2, 0) is 6.42 Å². The number of carbonyl (C=O) groups is 3. The monoisotopic (exact) mass is 493 g/mol. The Hall–Kier alpha value is -4.19. The maximum atomic E-state index is 14.1. The quantitative estimate of drug-likeness (QED) is 0.462. The van der Waals surface area contributed by atoms with Gasteiger partial charge in [0.1, 0.15) is 6.17 Å². The Morgan fingerprint density at radius 2 is 1.41 bits per heavy atom. The molecule has 0 fully saturated rings. The summed E-state index contributed by atoms with van der Waals surface area (Å²) in [5.41, 5.74) is 6.15. The van der Waals surface area contributed by atoms with Crippen molar-refractivity contribution in [2.24, 2.45) is 0 Å². The van der Waals surface area contributed by atoms with Crippen molar-refractivity contribution in [3.63, 3.8) is 0 Å². The van der Waals surface area contributed by atoms with Crippen molar-refractivity contribution in [1.29, 1.82) is 0 Å². The van der Waals surface area contributed by atoms with E-state index in [9.17, 15) is 14.4 Å². The molecule has 2 aliphatic heterocycles. The number of carbonyl (C=O) groups excluding carboxylic acids is 3. The Morgan fingerprint density at radius 1 is 0.838 bits per heavy atom. The van der Waals surface area contributed by atoms with Crippen molar-refractivity contribution in [2.75, 3.05) is 4.90 Å². The normalized spacial score (nSPS) is 16.7. The van der Waals surface area contributed by atoms with Crippen LogP contribution >= 0.6 is 0 Å². The first-order valence-electron chi connectivity index (χ1n) is 12.5. The molecule has 0 aliphatic carbocycles. The maximum Gasteiger partial charge on any atom is 0.324 e. The van der Waals surface area contributed by atoms with E-state index in [-0.39, 0.29) is 6.03 Å². The third kappa shape index (κ3) is 4.22. The van der Waals surface area contributed by atoms with Gasteiger partial charge in [-0.05, 0) is 81.1 Å². The largest absolute Gasteiger partial charge is 0.324 e. The third-order valence-electron chi connectivity index (χ3n) is 7.33. The van der Waals surface area contributed by atoms with Crippen molar-refractivity contribution in [3.8, 4) is 0 Å². The minimum Gasteiger partial charge on any atom is -0.316 e. The summed E-state index contributed by atoms with van der Waals surface area (Å²) in [6.45, 7) is 10.1. The number of aryl methyl sites for hydroxylation is 2. The van der Waals surface area contributed by atoms with E-state index >= 15 is 0 Å². The molecular weight excluding hydrogens is 462 g/mol. The second-order valence-corrected chi connectivity index (χ2v) is 10.5. The van der Waals surface area contributed by atoms with Gasteiger partial charge in [-0.2, -0.15) is 0 Å². The molecule has 188 valence electrons. The van der Waals surface area contributed by atoms with Crippen LogP contribution in [0.4, 0.5) is 10.5 Å². The predicted molar refractivity (Wildman–Crippen MR) is 146 cm³/mol. The molecule has 0 bridgehead atoms. The molecular formula is C31H31N3O3. The lowest BCUT2D eigenvalue weighted by Gasteiger charge is -2.42. The molecule has 4 amide bonds. The highest BCUT2D eigenvalue weighted by Crippen LogP contribution is 2.40. The van der Waals surface area contributed by atoms with Crippen LogP contribution in [0, 0.1) is 13.8 Å². The number of benzene rings is 3. The van der Waals surface area contributed by atoms with E-state index in [0.717, 1.165) is 33.5 Å². The van der Waals surface area contributed by atoms with Crippen LogP contribution in [-0.4, -0.2) is 34.5 Å².